The van der Waals surface area contributed by atoms with E-state index in [-0.39, 0.29) is 0 Å². The Balaban J connectivity index is 4.14. The van der Waals surface area contributed by atoms with Crippen LogP contribution in [0.3, 0.4) is 0 Å². The first-order valence-corrected chi connectivity index (χ1v) is 4.23. The zero-order valence-corrected chi connectivity index (χ0v) is 8.54. The van der Waals surface area contributed by atoms with Crippen LogP contribution in [0.15, 0.2) is 29.2 Å². The maximum Gasteiger partial charge on any atom is 0.161 e. The Bertz CT molecular complexity index is 207. The van der Waals surface area contributed by atoms with E-state index in [1.165, 1.54) is 0 Å². The Morgan fingerprint density at radius 3 is 2.54 bits per heavy atom. The number of hydrogen-bond acceptors (Lipinski definition) is 3. The summed E-state index contributed by atoms with van der Waals surface area (Å²) in [5, 5.41) is 0. The molecule has 0 aromatic heterocycles. The van der Waals surface area contributed by atoms with Crippen LogP contribution in [0.2, 0.25) is 0 Å². The quantitative estimate of drug-likeness (QED) is 0.359. The second-order valence-corrected chi connectivity index (χ2v) is 2.42. The Morgan fingerprint density at radius 1 is 1.38 bits per heavy atom. The standard InChI is InChI=1S/C10H17NO2/c1-5-7-11-8-6-10(13-4)9(2)12-3/h6,8H,2,5,7H2,1,3-4H3/b10-6+,11-8?. The van der Waals surface area contributed by atoms with Crippen molar-refractivity contribution in [2.24, 2.45) is 4.99 Å². The minimum absolute atomic E-state index is 0.505. The highest BCUT2D eigenvalue weighted by Crippen LogP contribution is 2.07. The lowest BCUT2D eigenvalue weighted by Crippen LogP contribution is -1.93. The average molecular weight is 183 g/mol. The lowest BCUT2D eigenvalue weighted by Gasteiger charge is -2.06. The highest BCUT2D eigenvalue weighted by molar-refractivity contribution is 5.72. The van der Waals surface area contributed by atoms with Crippen molar-refractivity contribution in [3.05, 3.63) is 24.2 Å². The number of nitrogens with zero attached hydrogens (tertiary/aromatic N) is 1. The van der Waals surface area contributed by atoms with Gasteiger partial charge in [-0.05, 0) is 6.42 Å². The normalized spacial score (nSPS) is 11.8. The maximum absolute atomic E-state index is 5.03. The summed E-state index contributed by atoms with van der Waals surface area (Å²) in [4.78, 5) is 4.12. The summed E-state index contributed by atoms with van der Waals surface area (Å²) >= 11 is 0. The van der Waals surface area contributed by atoms with Gasteiger partial charge in [0.25, 0.3) is 0 Å². The summed E-state index contributed by atoms with van der Waals surface area (Å²) in [5.41, 5.74) is 0. The van der Waals surface area contributed by atoms with Crippen molar-refractivity contribution in [1.29, 1.82) is 0 Å². The molecule has 0 N–H and O–H groups in total. The van der Waals surface area contributed by atoms with Crippen molar-refractivity contribution in [1.82, 2.24) is 0 Å². The van der Waals surface area contributed by atoms with Gasteiger partial charge in [-0.3, -0.25) is 4.99 Å². The lowest BCUT2D eigenvalue weighted by molar-refractivity contribution is 0.222. The number of rotatable bonds is 6. The topological polar surface area (TPSA) is 30.8 Å². The van der Waals surface area contributed by atoms with Gasteiger partial charge in [0, 0.05) is 18.8 Å². The lowest BCUT2D eigenvalue weighted by atomic mass is 10.4. The van der Waals surface area contributed by atoms with Crippen LogP contribution in [0.1, 0.15) is 13.3 Å². The molecule has 0 fully saturated rings. The van der Waals surface area contributed by atoms with E-state index in [2.05, 4.69) is 18.5 Å². The van der Waals surface area contributed by atoms with E-state index in [0.717, 1.165) is 13.0 Å². The summed E-state index contributed by atoms with van der Waals surface area (Å²) in [7, 11) is 3.13. The highest BCUT2D eigenvalue weighted by Gasteiger charge is 1.98. The van der Waals surface area contributed by atoms with Crippen molar-refractivity contribution < 1.29 is 9.47 Å². The summed E-state index contributed by atoms with van der Waals surface area (Å²) < 4.78 is 9.94. The molecule has 0 saturated heterocycles. The molecular formula is C10H17NO2. The van der Waals surface area contributed by atoms with Gasteiger partial charge in [0.1, 0.15) is 0 Å². The number of allylic oxidation sites excluding steroid dienone is 1. The van der Waals surface area contributed by atoms with Gasteiger partial charge < -0.3 is 9.47 Å². The molecule has 13 heavy (non-hydrogen) atoms. The van der Waals surface area contributed by atoms with Crippen molar-refractivity contribution in [3.63, 3.8) is 0 Å². The summed E-state index contributed by atoms with van der Waals surface area (Å²) in [6.45, 7) is 6.57. The second kappa shape index (κ2) is 7.40. The van der Waals surface area contributed by atoms with Gasteiger partial charge in [0.15, 0.2) is 11.5 Å². The molecule has 0 atom stereocenters. The largest absolute Gasteiger partial charge is 0.493 e. The van der Waals surface area contributed by atoms with Crippen LogP contribution in [0.4, 0.5) is 0 Å². The van der Waals surface area contributed by atoms with Crippen LogP contribution in [0.25, 0.3) is 0 Å². The Kier molecular flexibility index (Phi) is 6.69. The van der Waals surface area contributed by atoms with E-state index in [0.29, 0.717) is 11.5 Å². The molecule has 0 aliphatic carbocycles. The van der Waals surface area contributed by atoms with E-state index >= 15 is 0 Å². The van der Waals surface area contributed by atoms with Crippen LogP contribution in [-0.2, 0) is 9.47 Å². The minimum atomic E-state index is 0.505. The van der Waals surface area contributed by atoms with Crippen molar-refractivity contribution >= 4 is 6.21 Å². The Morgan fingerprint density at radius 2 is 2.08 bits per heavy atom. The molecule has 0 aliphatic heterocycles. The maximum atomic E-state index is 5.03. The molecule has 0 rings (SSSR count). The van der Waals surface area contributed by atoms with Crippen LogP contribution in [0, 0.1) is 0 Å². The molecule has 0 bridgehead atoms. The first-order chi connectivity index (χ1) is 6.26. The molecule has 0 spiro atoms. The van der Waals surface area contributed by atoms with E-state index in [1.807, 2.05) is 0 Å². The van der Waals surface area contributed by atoms with Gasteiger partial charge in [0.05, 0.1) is 14.2 Å². The molecule has 3 nitrogen and oxygen atoms in total. The molecule has 0 amide bonds. The number of hydrogen-bond donors (Lipinski definition) is 0. The summed E-state index contributed by atoms with van der Waals surface area (Å²) in [6.07, 6.45) is 4.48. The molecule has 0 aromatic carbocycles. The fourth-order valence-electron chi connectivity index (χ4n) is 0.699. The molecule has 0 unspecified atom stereocenters. The van der Waals surface area contributed by atoms with E-state index in [9.17, 15) is 0 Å². The van der Waals surface area contributed by atoms with Gasteiger partial charge in [-0.15, -0.1) is 0 Å². The number of methoxy groups -OCH3 is 2. The molecule has 0 aromatic rings. The van der Waals surface area contributed by atoms with Crippen LogP contribution in [-0.4, -0.2) is 27.0 Å². The predicted octanol–water partition coefficient (Wildman–Crippen LogP) is 2.16. The van der Waals surface area contributed by atoms with Crippen LogP contribution in [0.5, 0.6) is 0 Å². The summed E-state index contributed by atoms with van der Waals surface area (Å²) in [5.74, 6) is 1.10. The van der Waals surface area contributed by atoms with E-state index in [1.54, 1.807) is 26.5 Å². The first kappa shape index (κ1) is 11.8. The Labute approximate surface area is 79.8 Å². The third-order valence-corrected chi connectivity index (χ3v) is 1.43. The van der Waals surface area contributed by atoms with Gasteiger partial charge in [-0.25, -0.2) is 0 Å². The zero-order chi connectivity index (χ0) is 10.1. The third-order valence-electron chi connectivity index (χ3n) is 1.43. The second-order valence-electron chi connectivity index (χ2n) is 2.42. The van der Waals surface area contributed by atoms with Crippen LogP contribution < -0.4 is 0 Å². The molecular weight excluding hydrogens is 166 g/mol. The minimum Gasteiger partial charge on any atom is -0.493 e. The van der Waals surface area contributed by atoms with E-state index in [4.69, 9.17) is 9.47 Å². The molecule has 0 radical (unpaired) electrons. The average Bonchev–Trinajstić information content (AvgIpc) is 2.17. The molecule has 0 saturated carbocycles. The smallest absolute Gasteiger partial charge is 0.161 e. The van der Waals surface area contributed by atoms with Crippen molar-refractivity contribution in [3.8, 4) is 0 Å². The van der Waals surface area contributed by atoms with Crippen molar-refractivity contribution in [2.45, 2.75) is 13.3 Å². The number of ether oxygens (including phenoxy) is 2. The molecule has 3 heteroatoms. The van der Waals surface area contributed by atoms with Crippen molar-refractivity contribution in [2.75, 3.05) is 20.8 Å². The summed E-state index contributed by atoms with van der Waals surface area (Å²) in [6, 6.07) is 0. The Hall–Kier alpha value is -1.25. The fourth-order valence-corrected chi connectivity index (χ4v) is 0.699. The number of aliphatic imine (C=N–C) groups is 1. The van der Waals surface area contributed by atoms with Gasteiger partial charge in [-0.2, -0.15) is 0 Å². The van der Waals surface area contributed by atoms with Gasteiger partial charge >= 0.3 is 0 Å². The SMILES string of the molecule is C=C(OC)/C(=C\C=NCCC)OC. The first-order valence-electron chi connectivity index (χ1n) is 4.23. The third kappa shape index (κ3) is 5.06. The predicted molar refractivity (Wildman–Crippen MR) is 54.9 cm³/mol. The molecule has 0 heterocycles. The van der Waals surface area contributed by atoms with Crippen LogP contribution >= 0.6 is 0 Å². The van der Waals surface area contributed by atoms with Gasteiger partial charge in [-0.1, -0.05) is 13.5 Å². The zero-order valence-electron chi connectivity index (χ0n) is 8.54. The fraction of sp³-hybridized carbons (Fsp3) is 0.500. The highest BCUT2D eigenvalue weighted by atomic mass is 16.5. The molecule has 74 valence electrons. The monoisotopic (exact) mass is 183 g/mol. The molecule has 0 aliphatic rings. The van der Waals surface area contributed by atoms with Gasteiger partial charge in [0.2, 0.25) is 0 Å². The van der Waals surface area contributed by atoms with E-state index < -0.39 is 0 Å².